The molecule has 2 aliphatic rings. The van der Waals surface area contributed by atoms with Crippen LogP contribution in [0, 0.1) is 0 Å². The highest BCUT2D eigenvalue weighted by Gasteiger charge is 2.28. The van der Waals surface area contributed by atoms with Gasteiger partial charge in [0.25, 0.3) is 0 Å². The van der Waals surface area contributed by atoms with Gasteiger partial charge in [0.15, 0.2) is 35.7 Å². The first-order valence-corrected chi connectivity index (χ1v) is 9.38. The van der Waals surface area contributed by atoms with Crippen LogP contribution in [0.1, 0.15) is 18.9 Å². The Morgan fingerprint density at radius 2 is 1.93 bits per heavy atom. The SMILES string of the molecule is CCCOc1ccc2cc3[n+](cc2c1OC)CCc1cc2c(cc1-3)OCO2.[Cl-]. The second-order valence-corrected chi connectivity index (χ2v) is 6.91. The molecule has 0 atom stereocenters. The molecule has 0 spiro atoms. The highest BCUT2D eigenvalue weighted by atomic mass is 35.5. The molecule has 5 nitrogen and oxygen atoms in total. The highest BCUT2D eigenvalue weighted by molar-refractivity contribution is 5.91. The van der Waals surface area contributed by atoms with Crippen molar-refractivity contribution in [2.45, 2.75) is 26.3 Å². The zero-order valence-electron chi connectivity index (χ0n) is 16.0. The first-order chi connectivity index (χ1) is 13.3. The monoisotopic (exact) mass is 399 g/mol. The number of methoxy groups -OCH3 is 1. The summed E-state index contributed by atoms with van der Waals surface area (Å²) in [5, 5.41) is 2.20. The lowest BCUT2D eigenvalue weighted by Gasteiger charge is -2.17. The molecule has 0 amide bonds. The van der Waals surface area contributed by atoms with Crippen molar-refractivity contribution in [1.29, 1.82) is 0 Å². The van der Waals surface area contributed by atoms with Gasteiger partial charge in [0.2, 0.25) is 12.5 Å². The van der Waals surface area contributed by atoms with Crippen LogP contribution in [-0.2, 0) is 13.0 Å². The summed E-state index contributed by atoms with van der Waals surface area (Å²) in [4.78, 5) is 0. The maximum atomic E-state index is 5.87. The fourth-order valence-electron chi connectivity index (χ4n) is 3.93. The lowest BCUT2D eigenvalue weighted by atomic mass is 9.95. The summed E-state index contributed by atoms with van der Waals surface area (Å²) in [6.07, 6.45) is 4.10. The van der Waals surface area contributed by atoms with Crippen LogP contribution < -0.4 is 35.9 Å². The normalized spacial score (nSPS) is 13.5. The van der Waals surface area contributed by atoms with Crippen molar-refractivity contribution in [2.24, 2.45) is 0 Å². The van der Waals surface area contributed by atoms with E-state index >= 15 is 0 Å². The quantitative estimate of drug-likeness (QED) is 0.611. The third-order valence-electron chi connectivity index (χ3n) is 5.24. The van der Waals surface area contributed by atoms with E-state index in [-0.39, 0.29) is 12.4 Å². The lowest BCUT2D eigenvalue weighted by molar-refractivity contribution is -0.686. The van der Waals surface area contributed by atoms with Crippen LogP contribution in [0.4, 0.5) is 0 Å². The van der Waals surface area contributed by atoms with Crippen LogP contribution in [-0.4, -0.2) is 20.5 Å². The minimum atomic E-state index is 0. The molecule has 146 valence electrons. The third-order valence-corrected chi connectivity index (χ3v) is 5.24. The van der Waals surface area contributed by atoms with Crippen LogP contribution in [0.15, 0.2) is 36.5 Å². The average molecular weight is 400 g/mol. The number of fused-ring (bicyclic) bond motifs is 5. The van der Waals surface area contributed by atoms with Crippen molar-refractivity contribution < 1.29 is 35.9 Å². The van der Waals surface area contributed by atoms with Crippen molar-refractivity contribution in [3.8, 4) is 34.3 Å². The molecule has 3 aromatic rings. The number of halogens is 1. The summed E-state index contributed by atoms with van der Waals surface area (Å²) in [5.74, 6) is 3.27. The molecule has 0 unspecified atom stereocenters. The Morgan fingerprint density at radius 3 is 2.71 bits per heavy atom. The minimum Gasteiger partial charge on any atom is -1.00 e. The third kappa shape index (κ3) is 2.90. The van der Waals surface area contributed by atoms with Gasteiger partial charge in [-0.15, -0.1) is 0 Å². The Kier molecular flexibility index (Phi) is 4.94. The summed E-state index contributed by atoms with van der Waals surface area (Å²) in [5.41, 5.74) is 3.69. The molecular weight excluding hydrogens is 378 g/mol. The lowest BCUT2D eigenvalue weighted by Crippen LogP contribution is -3.00. The fourth-order valence-corrected chi connectivity index (χ4v) is 3.93. The molecule has 0 saturated heterocycles. The maximum absolute atomic E-state index is 5.87. The van der Waals surface area contributed by atoms with Crippen LogP contribution in [0.3, 0.4) is 0 Å². The smallest absolute Gasteiger partial charge is 0.231 e. The van der Waals surface area contributed by atoms with Crippen LogP contribution in [0.2, 0.25) is 0 Å². The molecular formula is C22H22ClNO4. The number of nitrogens with zero attached hydrogens (tertiary/aromatic N) is 1. The summed E-state index contributed by atoms with van der Waals surface area (Å²) >= 11 is 0. The standard InChI is InChI=1S/C22H22NO4.ClH/c1-3-8-25-19-5-4-14-9-18-16-11-21-20(26-13-27-21)10-15(16)6-7-23(18)12-17(14)22(19)24-2;/h4-5,9-12H,3,6-8,13H2,1-2H3;1H/q+1;/p-1. The van der Waals surface area contributed by atoms with Crippen molar-refractivity contribution in [1.82, 2.24) is 0 Å². The predicted octanol–water partition coefficient (Wildman–Crippen LogP) is 0.880. The number of rotatable bonds is 4. The first-order valence-electron chi connectivity index (χ1n) is 9.38. The molecule has 0 saturated carbocycles. The van der Waals surface area contributed by atoms with Crippen molar-refractivity contribution >= 4 is 10.8 Å². The van der Waals surface area contributed by atoms with Crippen LogP contribution in [0.25, 0.3) is 22.0 Å². The Bertz CT molecular complexity index is 1050. The van der Waals surface area contributed by atoms with Gasteiger partial charge >= 0.3 is 0 Å². The molecule has 6 heteroatoms. The Morgan fingerprint density at radius 1 is 1.11 bits per heavy atom. The number of hydrogen-bond acceptors (Lipinski definition) is 4. The van der Waals surface area contributed by atoms with Gasteiger partial charge in [-0.25, -0.2) is 0 Å². The number of pyridine rings is 1. The van der Waals surface area contributed by atoms with Gasteiger partial charge in [-0.05, 0) is 41.6 Å². The zero-order valence-corrected chi connectivity index (χ0v) is 16.7. The number of benzene rings is 2. The van der Waals surface area contributed by atoms with Gasteiger partial charge in [-0.3, -0.25) is 0 Å². The van der Waals surface area contributed by atoms with E-state index in [0.29, 0.717) is 13.4 Å². The van der Waals surface area contributed by atoms with E-state index in [9.17, 15) is 0 Å². The topological polar surface area (TPSA) is 40.8 Å². The Hall–Kier alpha value is -2.66. The first kappa shape index (κ1) is 18.7. The Labute approximate surface area is 170 Å². The highest BCUT2D eigenvalue weighted by Crippen LogP contribution is 2.41. The van der Waals surface area contributed by atoms with E-state index in [4.69, 9.17) is 18.9 Å². The van der Waals surface area contributed by atoms with Gasteiger partial charge in [0, 0.05) is 12.5 Å². The molecule has 2 aromatic carbocycles. The molecule has 2 aliphatic heterocycles. The minimum absolute atomic E-state index is 0. The van der Waals surface area contributed by atoms with E-state index in [0.717, 1.165) is 53.2 Å². The van der Waals surface area contributed by atoms with Crippen molar-refractivity contribution in [2.75, 3.05) is 20.5 Å². The predicted molar refractivity (Wildman–Crippen MR) is 102 cm³/mol. The fraction of sp³-hybridized carbons (Fsp3) is 0.318. The molecule has 0 radical (unpaired) electrons. The summed E-state index contributed by atoms with van der Waals surface area (Å²) < 4.78 is 25.0. The molecule has 1 aromatic heterocycles. The van der Waals surface area contributed by atoms with E-state index in [2.05, 4.69) is 42.0 Å². The summed E-state index contributed by atoms with van der Waals surface area (Å²) in [6.45, 7) is 4.00. The van der Waals surface area contributed by atoms with Gasteiger partial charge in [-0.1, -0.05) is 6.92 Å². The maximum Gasteiger partial charge on any atom is 0.231 e. The summed E-state index contributed by atoms with van der Waals surface area (Å²) in [7, 11) is 1.70. The Balaban J connectivity index is 0.00000192. The van der Waals surface area contributed by atoms with Crippen LogP contribution >= 0.6 is 0 Å². The molecule has 3 heterocycles. The average Bonchev–Trinajstić information content (AvgIpc) is 3.16. The molecule has 0 aliphatic carbocycles. The van der Waals surface area contributed by atoms with Gasteiger partial charge < -0.3 is 31.4 Å². The van der Waals surface area contributed by atoms with Crippen molar-refractivity contribution in [3.05, 3.63) is 42.1 Å². The van der Waals surface area contributed by atoms with E-state index in [1.54, 1.807) is 7.11 Å². The molecule has 0 bridgehead atoms. The van der Waals surface area contributed by atoms with Gasteiger partial charge in [0.1, 0.15) is 0 Å². The summed E-state index contributed by atoms with van der Waals surface area (Å²) in [6, 6.07) is 10.5. The molecule has 0 N–H and O–H groups in total. The second kappa shape index (κ2) is 7.40. The zero-order chi connectivity index (χ0) is 18.4. The van der Waals surface area contributed by atoms with Crippen molar-refractivity contribution in [3.63, 3.8) is 0 Å². The van der Waals surface area contributed by atoms with E-state index < -0.39 is 0 Å². The van der Waals surface area contributed by atoms with E-state index in [1.165, 1.54) is 16.8 Å². The number of hydrogen-bond donors (Lipinski definition) is 0. The molecule has 5 rings (SSSR count). The molecule has 0 fully saturated rings. The molecule has 28 heavy (non-hydrogen) atoms. The number of aromatic nitrogens is 1. The van der Waals surface area contributed by atoms with Gasteiger partial charge in [0.05, 0.1) is 24.7 Å². The van der Waals surface area contributed by atoms with Crippen LogP contribution in [0.5, 0.6) is 23.0 Å². The van der Waals surface area contributed by atoms with E-state index in [1.807, 2.05) is 6.07 Å². The largest absolute Gasteiger partial charge is 1.00 e. The van der Waals surface area contributed by atoms with Gasteiger partial charge in [-0.2, -0.15) is 4.57 Å². The second-order valence-electron chi connectivity index (χ2n) is 6.91. The number of aryl methyl sites for hydroxylation is 2. The number of ether oxygens (including phenoxy) is 4.